The van der Waals surface area contributed by atoms with Gasteiger partial charge in [0.2, 0.25) is 0 Å². The van der Waals surface area contributed by atoms with E-state index in [4.69, 9.17) is 5.11 Å². The Morgan fingerprint density at radius 3 is 2.24 bits per heavy atom. The van der Waals surface area contributed by atoms with Crippen molar-refractivity contribution in [2.24, 2.45) is 0 Å². The molecule has 0 bridgehead atoms. The SMILES string of the molecule is Cc1cc(C=O)c(C)n1-c1cc(C(=O)O)ccc1C(=O)O. The van der Waals surface area contributed by atoms with Gasteiger partial charge < -0.3 is 14.8 Å². The number of hydrogen-bond acceptors (Lipinski definition) is 3. The van der Waals surface area contributed by atoms with Gasteiger partial charge in [0.15, 0.2) is 6.29 Å². The Hall–Kier alpha value is -2.89. The summed E-state index contributed by atoms with van der Waals surface area (Å²) in [6.45, 7) is 3.40. The monoisotopic (exact) mass is 287 g/mol. The molecule has 0 saturated carbocycles. The lowest BCUT2D eigenvalue weighted by Gasteiger charge is -2.13. The van der Waals surface area contributed by atoms with Gasteiger partial charge in [-0.05, 0) is 38.1 Å². The van der Waals surface area contributed by atoms with Crippen molar-refractivity contribution in [2.45, 2.75) is 13.8 Å². The third kappa shape index (κ3) is 2.43. The Balaban J connectivity index is 2.80. The standard InChI is InChI=1S/C15H13NO5/c1-8-5-11(7-17)9(2)16(8)13-6-10(14(18)19)3-4-12(13)15(20)21/h3-7H,1-2H3,(H,18,19)(H,20,21). The molecule has 0 saturated heterocycles. The molecule has 1 heterocycles. The summed E-state index contributed by atoms with van der Waals surface area (Å²) >= 11 is 0. The van der Waals surface area contributed by atoms with Crippen molar-refractivity contribution < 1.29 is 24.6 Å². The average Bonchev–Trinajstić information content (AvgIpc) is 2.72. The van der Waals surface area contributed by atoms with E-state index >= 15 is 0 Å². The number of hydrogen-bond donors (Lipinski definition) is 2. The first-order valence-corrected chi connectivity index (χ1v) is 6.12. The minimum atomic E-state index is -1.16. The van der Waals surface area contributed by atoms with Crippen LogP contribution in [0.15, 0.2) is 24.3 Å². The number of carbonyl (C=O) groups is 3. The summed E-state index contributed by atoms with van der Waals surface area (Å²) < 4.78 is 1.57. The molecule has 6 nitrogen and oxygen atoms in total. The molecule has 0 unspecified atom stereocenters. The van der Waals surface area contributed by atoms with Crippen LogP contribution in [0.3, 0.4) is 0 Å². The zero-order valence-electron chi connectivity index (χ0n) is 11.5. The number of nitrogens with zero attached hydrogens (tertiary/aromatic N) is 1. The van der Waals surface area contributed by atoms with Gasteiger partial charge in [-0.2, -0.15) is 0 Å². The van der Waals surface area contributed by atoms with Gasteiger partial charge in [-0.1, -0.05) is 0 Å². The van der Waals surface area contributed by atoms with Crippen molar-refractivity contribution in [3.63, 3.8) is 0 Å². The van der Waals surface area contributed by atoms with E-state index in [2.05, 4.69) is 0 Å². The third-order valence-electron chi connectivity index (χ3n) is 3.31. The summed E-state index contributed by atoms with van der Waals surface area (Å²) in [5.74, 6) is -2.31. The molecular weight excluding hydrogens is 274 g/mol. The van der Waals surface area contributed by atoms with Gasteiger partial charge in [0.25, 0.3) is 0 Å². The molecule has 0 radical (unpaired) electrons. The Morgan fingerprint density at radius 1 is 1.10 bits per heavy atom. The van der Waals surface area contributed by atoms with E-state index in [0.717, 1.165) is 0 Å². The first kappa shape index (κ1) is 14.5. The number of carboxylic acid groups (broad SMARTS) is 2. The Morgan fingerprint density at radius 2 is 1.76 bits per heavy atom. The van der Waals surface area contributed by atoms with Crippen LogP contribution in [-0.2, 0) is 0 Å². The van der Waals surface area contributed by atoms with Crippen molar-refractivity contribution in [3.8, 4) is 5.69 Å². The Bertz CT molecular complexity index is 758. The first-order valence-electron chi connectivity index (χ1n) is 6.12. The number of carboxylic acids is 2. The van der Waals surface area contributed by atoms with Crippen LogP contribution >= 0.6 is 0 Å². The molecule has 0 aliphatic heterocycles. The maximum Gasteiger partial charge on any atom is 0.337 e. The molecule has 1 aromatic heterocycles. The molecule has 2 N–H and O–H groups in total. The summed E-state index contributed by atoms with van der Waals surface area (Å²) in [4.78, 5) is 33.4. The van der Waals surface area contributed by atoms with E-state index in [1.54, 1.807) is 24.5 Å². The fourth-order valence-electron chi connectivity index (χ4n) is 2.31. The quantitative estimate of drug-likeness (QED) is 0.841. The molecule has 0 spiro atoms. The second-order valence-corrected chi connectivity index (χ2v) is 4.62. The Kier molecular flexibility index (Phi) is 3.62. The van der Waals surface area contributed by atoms with E-state index in [-0.39, 0.29) is 16.8 Å². The molecule has 0 fully saturated rings. The number of aromatic nitrogens is 1. The maximum absolute atomic E-state index is 11.3. The molecule has 0 atom stereocenters. The molecule has 1 aromatic carbocycles. The topological polar surface area (TPSA) is 96.6 Å². The maximum atomic E-state index is 11.3. The van der Waals surface area contributed by atoms with E-state index in [0.29, 0.717) is 23.2 Å². The molecule has 2 rings (SSSR count). The molecule has 0 aliphatic carbocycles. The van der Waals surface area contributed by atoms with Crippen LogP contribution in [0.4, 0.5) is 0 Å². The highest BCUT2D eigenvalue weighted by molar-refractivity contribution is 5.96. The van der Waals surface area contributed by atoms with Crippen LogP contribution in [-0.4, -0.2) is 33.0 Å². The van der Waals surface area contributed by atoms with Gasteiger partial charge in [0.1, 0.15) is 0 Å². The van der Waals surface area contributed by atoms with E-state index in [1.807, 2.05) is 0 Å². The number of benzene rings is 1. The molecule has 0 aliphatic rings. The van der Waals surface area contributed by atoms with Crippen molar-refractivity contribution in [2.75, 3.05) is 0 Å². The van der Waals surface area contributed by atoms with Gasteiger partial charge in [-0.3, -0.25) is 4.79 Å². The van der Waals surface area contributed by atoms with Gasteiger partial charge in [-0.15, -0.1) is 0 Å². The zero-order chi connectivity index (χ0) is 15.7. The second kappa shape index (κ2) is 5.24. The normalized spacial score (nSPS) is 10.4. The summed E-state index contributed by atoms with van der Waals surface area (Å²) in [5, 5.41) is 18.3. The lowest BCUT2D eigenvalue weighted by molar-refractivity contribution is 0.0681. The fraction of sp³-hybridized carbons (Fsp3) is 0.133. The number of aromatic carboxylic acids is 2. The van der Waals surface area contributed by atoms with Crippen LogP contribution in [0.1, 0.15) is 42.5 Å². The van der Waals surface area contributed by atoms with Crippen LogP contribution < -0.4 is 0 Å². The van der Waals surface area contributed by atoms with Gasteiger partial charge in [0, 0.05) is 17.0 Å². The van der Waals surface area contributed by atoms with Crippen LogP contribution in [0.25, 0.3) is 5.69 Å². The van der Waals surface area contributed by atoms with Gasteiger partial charge in [-0.25, -0.2) is 9.59 Å². The number of aryl methyl sites for hydroxylation is 1. The number of aldehydes is 1. The van der Waals surface area contributed by atoms with E-state index in [9.17, 15) is 19.5 Å². The predicted molar refractivity (Wildman–Crippen MR) is 74.5 cm³/mol. The van der Waals surface area contributed by atoms with Crippen LogP contribution in [0.5, 0.6) is 0 Å². The molecule has 2 aromatic rings. The van der Waals surface area contributed by atoms with Crippen molar-refractivity contribution in [3.05, 3.63) is 52.3 Å². The third-order valence-corrected chi connectivity index (χ3v) is 3.31. The highest BCUT2D eigenvalue weighted by atomic mass is 16.4. The first-order chi connectivity index (χ1) is 9.86. The predicted octanol–water partition coefficient (Wildman–Crippen LogP) is 2.30. The summed E-state index contributed by atoms with van der Waals surface area (Å²) in [6, 6.07) is 5.41. The number of rotatable bonds is 4. The highest BCUT2D eigenvalue weighted by Crippen LogP contribution is 2.24. The second-order valence-electron chi connectivity index (χ2n) is 4.62. The van der Waals surface area contributed by atoms with Gasteiger partial charge >= 0.3 is 11.9 Å². The van der Waals surface area contributed by atoms with E-state index in [1.165, 1.54) is 18.2 Å². The van der Waals surface area contributed by atoms with Crippen molar-refractivity contribution in [1.82, 2.24) is 4.57 Å². The summed E-state index contributed by atoms with van der Waals surface area (Å²) in [6.07, 6.45) is 0.681. The van der Waals surface area contributed by atoms with Crippen molar-refractivity contribution >= 4 is 18.2 Å². The lowest BCUT2D eigenvalue weighted by atomic mass is 10.1. The molecule has 0 amide bonds. The molecule has 21 heavy (non-hydrogen) atoms. The Labute approximate surface area is 120 Å². The van der Waals surface area contributed by atoms with Crippen LogP contribution in [0, 0.1) is 13.8 Å². The van der Waals surface area contributed by atoms with Crippen molar-refractivity contribution in [1.29, 1.82) is 0 Å². The smallest absolute Gasteiger partial charge is 0.337 e. The largest absolute Gasteiger partial charge is 0.478 e. The van der Waals surface area contributed by atoms with E-state index < -0.39 is 11.9 Å². The van der Waals surface area contributed by atoms with Gasteiger partial charge in [0.05, 0.1) is 16.8 Å². The van der Waals surface area contributed by atoms with Crippen LogP contribution in [0.2, 0.25) is 0 Å². The minimum absolute atomic E-state index is 0.0184. The highest BCUT2D eigenvalue weighted by Gasteiger charge is 2.18. The lowest BCUT2D eigenvalue weighted by Crippen LogP contribution is -2.10. The fourth-order valence-corrected chi connectivity index (χ4v) is 2.31. The number of carbonyl (C=O) groups excluding carboxylic acids is 1. The average molecular weight is 287 g/mol. The zero-order valence-corrected chi connectivity index (χ0v) is 11.5. The summed E-state index contributed by atoms with van der Waals surface area (Å²) in [5.41, 5.74) is 1.83. The minimum Gasteiger partial charge on any atom is -0.478 e. The molecule has 6 heteroatoms. The summed E-state index contributed by atoms with van der Waals surface area (Å²) in [7, 11) is 0. The molecular formula is C15H13NO5. The molecule has 108 valence electrons.